The number of carbonyl (C=O) groups is 1. The number of rotatable bonds is 12. The number of hydrogen-bond donors (Lipinski definition) is 1. The molecule has 0 unspecified atom stereocenters. The second kappa shape index (κ2) is 12.2. The van der Waals surface area contributed by atoms with E-state index in [0.29, 0.717) is 19.0 Å². The van der Waals surface area contributed by atoms with Crippen molar-refractivity contribution in [1.82, 2.24) is 5.43 Å². The Morgan fingerprint density at radius 3 is 2.25 bits per heavy atom. The van der Waals surface area contributed by atoms with Crippen LogP contribution in [-0.2, 0) is 4.79 Å². The molecule has 6 nitrogen and oxygen atoms in total. The number of unbranched alkanes of at least 4 members (excludes halogenated alkanes) is 1. The van der Waals surface area contributed by atoms with Crippen molar-refractivity contribution in [3.05, 3.63) is 66.7 Å². The molecule has 0 radical (unpaired) electrons. The summed E-state index contributed by atoms with van der Waals surface area (Å²) < 4.78 is 16.4. The smallest absolute Gasteiger partial charge is 0.277 e. The Bertz CT molecular complexity index is 755. The van der Waals surface area contributed by atoms with Crippen LogP contribution < -0.4 is 19.6 Å². The lowest BCUT2D eigenvalue weighted by atomic mass is 10.2. The van der Waals surface area contributed by atoms with Crippen molar-refractivity contribution in [2.24, 2.45) is 5.10 Å². The van der Waals surface area contributed by atoms with E-state index < -0.39 is 0 Å². The largest absolute Gasteiger partial charge is 0.494 e. The first-order valence-electron chi connectivity index (χ1n) is 9.22. The zero-order valence-electron chi connectivity index (χ0n) is 16.1. The first-order chi connectivity index (χ1) is 13.7. The molecule has 148 valence electrons. The van der Waals surface area contributed by atoms with Crippen LogP contribution in [0.25, 0.3) is 0 Å². The predicted molar refractivity (Wildman–Crippen MR) is 110 cm³/mol. The summed E-state index contributed by atoms with van der Waals surface area (Å²) in [4.78, 5) is 11.8. The highest BCUT2D eigenvalue weighted by molar-refractivity contribution is 5.83. The Labute approximate surface area is 165 Å². The molecule has 0 saturated heterocycles. The fraction of sp³-hybridized carbons (Fsp3) is 0.273. The molecular weight excluding hydrogens is 356 g/mol. The van der Waals surface area contributed by atoms with Crippen LogP contribution in [0.4, 0.5) is 0 Å². The summed E-state index contributed by atoms with van der Waals surface area (Å²) >= 11 is 0. The van der Waals surface area contributed by atoms with Gasteiger partial charge < -0.3 is 14.2 Å². The van der Waals surface area contributed by atoms with E-state index >= 15 is 0 Å². The Kier molecular flexibility index (Phi) is 9.14. The highest BCUT2D eigenvalue weighted by Crippen LogP contribution is 2.17. The molecule has 0 fully saturated rings. The van der Waals surface area contributed by atoms with Gasteiger partial charge in [-0.3, -0.25) is 4.79 Å². The van der Waals surface area contributed by atoms with Gasteiger partial charge in [-0.05, 0) is 60.5 Å². The topological polar surface area (TPSA) is 69.2 Å². The summed E-state index contributed by atoms with van der Waals surface area (Å²) in [6.07, 6.45) is 5.35. The summed E-state index contributed by atoms with van der Waals surface area (Å²) in [5.74, 6) is 1.79. The number of hydrogen-bond acceptors (Lipinski definition) is 5. The Balaban J connectivity index is 1.70. The van der Waals surface area contributed by atoms with Crippen LogP contribution in [0.15, 0.2) is 66.3 Å². The Morgan fingerprint density at radius 1 is 1.00 bits per heavy atom. The minimum Gasteiger partial charge on any atom is -0.494 e. The third-order valence-electron chi connectivity index (χ3n) is 3.61. The number of ether oxygens (including phenoxy) is 3. The summed E-state index contributed by atoms with van der Waals surface area (Å²) in [6, 6.07) is 14.5. The maximum atomic E-state index is 11.8. The minimum atomic E-state index is -0.342. The van der Waals surface area contributed by atoms with Crippen LogP contribution in [0, 0.1) is 0 Å². The summed E-state index contributed by atoms with van der Waals surface area (Å²) in [5.41, 5.74) is 3.27. The first kappa shape index (κ1) is 21.0. The van der Waals surface area contributed by atoms with E-state index in [1.165, 1.54) is 0 Å². The molecule has 0 aromatic heterocycles. The first-order valence-corrected chi connectivity index (χ1v) is 9.22. The van der Waals surface area contributed by atoms with Crippen LogP contribution in [-0.4, -0.2) is 31.9 Å². The van der Waals surface area contributed by atoms with E-state index in [1.807, 2.05) is 36.4 Å². The van der Waals surface area contributed by atoms with E-state index in [9.17, 15) is 4.79 Å². The Hall–Kier alpha value is -3.28. The van der Waals surface area contributed by atoms with Crippen LogP contribution in [0.1, 0.15) is 25.3 Å². The van der Waals surface area contributed by atoms with Gasteiger partial charge in [-0.1, -0.05) is 26.0 Å². The molecule has 0 aliphatic carbocycles. The zero-order chi connectivity index (χ0) is 20.0. The molecule has 1 amide bonds. The zero-order valence-corrected chi connectivity index (χ0v) is 16.1. The van der Waals surface area contributed by atoms with Gasteiger partial charge in [0.15, 0.2) is 6.61 Å². The molecule has 6 heteroatoms. The van der Waals surface area contributed by atoms with E-state index in [2.05, 4.69) is 24.0 Å². The summed E-state index contributed by atoms with van der Waals surface area (Å²) in [6.45, 7) is 6.75. The molecule has 0 aliphatic heterocycles. The minimum absolute atomic E-state index is 0.123. The molecule has 0 heterocycles. The van der Waals surface area contributed by atoms with Crippen molar-refractivity contribution in [1.29, 1.82) is 0 Å². The maximum Gasteiger partial charge on any atom is 0.277 e. The predicted octanol–water partition coefficient (Wildman–Crippen LogP) is 3.96. The lowest BCUT2D eigenvalue weighted by Gasteiger charge is -2.08. The van der Waals surface area contributed by atoms with Crippen LogP contribution in [0.2, 0.25) is 0 Å². The standard InChI is InChI=1S/C22H26N2O4/c1-3-5-15-27-20-10-12-21(13-11-20)28-17-22(25)24-23-16-18-6-8-19(9-7-18)26-14-4-2/h4,6-13,16H,2-3,5,14-15,17H2,1H3,(H,24,25)/b23-16-. The van der Waals surface area contributed by atoms with E-state index in [0.717, 1.165) is 29.9 Å². The van der Waals surface area contributed by atoms with Crippen molar-refractivity contribution >= 4 is 12.1 Å². The van der Waals surface area contributed by atoms with Gasteiger partial charge in [-0.15, -0.1) is 0 Å². The maximum absolute atomic E-state index is 11.8. The van der Waals surface area contributed by atoms with Crippen LogP contribution in [0.3, 0.4) is 0 Å². The van der Waals surface area contributed by atoms with Gasteiger partial charge in [0.1, 0.15) is 23.9 Å². The molecule has 0 saturated carbocycles. The van der Waals surface area contributed by atoms with Gasteiger partial charge in [0.05, 0.1) is 12.8 Å². The molecule has 2 rings (SSSR count). The number of carbonyl (C=O) groups excluding carboxylic acids is 1. The molecule has 2 aromatic rings. The van der Waals surface area contributed by atoms with Crippen LogP contribution >= 0.6 is 0 Å². The van der Waals surface area contributed by atoms with Crippen molar-refractivity contribution in [3.63, 3.8) is 0 Å². The molecule has 0 aliphatic rings. The highest BCUT2D eigenvalue weighted by Gasteiger charge is 2.02. The summed E-state index contributed by atoms with van der Waals surface area (Å²) in [7, 11) is 0. The molecule has 0 bridgehead atoms. The number of benzene rings is 2. The van der Waals surface area contributed by atoms with Gasteiger partial charge in [-0.2, -0.15) is 5.10 Å². The number of nitrogens with one attached hydrogen (secondary N) is 1. The fourth-order valence-electron chi connectivity index (χ4n) is 2.13. The van der Waals surface area contributed by atoms with Crippen molar-refractivity contribution < 1.29 is 19.0 Å². The van der Waals surface area contributed by atoms with Gasteiger partial charge in [0.2, 0.25) is 0 Å². The molecule has 2 aromatic carbocycles. The van der Waals surface area contributed by atoms with E-state index in [1.54, 1.807) is 24.4 Å². The average Bonchev–Trinajstić information content (AvgIpc) is 2.73. The van der Waals surface area contributed by atoms with Gasteiger partial charge in [0.25, 0.3) is 5.91 Å². The van der Waals surface area contributed by atoms with E-state index in [4.69, 9.17) is 14.2 Å². The summed E-state index contributed by atoms with van der Waals surface area (Å²) in [5, 5.41) is 3.92. The quantitative estimate of drug-likeness (QED) is 0.261. The fourth-order valence-corrected chi connectivity index (χ4v) is 2.13. The number of nitrogens with zero attached hydrogens (tertiary/aromatic N) is 1. The monoisotopic (exact) mass is 382 g/mol. The number of amides is 1. The van der Waals surface area contributed by atoms with Crippen LogP contribution in [0.5, 0.6) is 17.2 Å². The van der Waals surface area contributed by atoms with Crippen molar-refractivity contribution in [3.8, 4) is 17.2 Å². The Morgan fingerprint density at radius 2 is 1.61 bits per heavy atom. The van der Waals surface area contributed by atoms with Crippen molar-refractivity contribution in [2.45, 2.75) is 19.8 Å². The normalized spacial score (nSPS) is 10.5. The third-order valence-corrected chi connectivity index (χ3v) is 3.61. The van der Waals surface area contributed by atoms with E-state index in [-0.39, 0.29) is 12.5 Å². The van der Waals surface area contributed by atoms with Gasteiger partial charge >= 0.3 is 0 Å². The SMILES string of the molecule is C=CCOc1ccc(/C=N\NC(=O)COc2ccc(OCCCC)cc2)cc1. The second-order valence-corrected chi connectivity index (χ2v) is 5.92. The lowest BCUT2D eigenvalue weighted by molar-refractivity contribution is -0.123. The lowest BCUT2D eigenvalue weighted by Crippen LogP contribution is -2.24. The second-order valence-electron chi connectivity index (χ2n) is 5.92. The molecule has 0 spiro atoms. The van der Waals surface area contributed by atoms with Crippen molar-refractivity contribution in [2.75, 3.05) is 19.8 Å². The molecular formula is C22H26N2O4. The van der Waals surface area contributed by atoms with Gasteiger partial charge in [0, 0.05) is 0 Å². The number of hydrazone groups is 1. The molecule has 28 heavy (non-hydrogen) atoms. The highest BCUT2D eigenvalue weighted by atomic mass is 16.5. The van der Waals surface area contributed by atoms with Gasteiger partial charge in [-0.25, -0.2) is 5.43 Å². The molecule has 1 N–H and O–H groups in total. The molecule has 0 atom stereocenters. The third kappa shape index (κ3) is 7.95. The average molecular weight is 382 g/mol.